The average molecular weight is 450 g/mol. The molecule has 3 aromatic rings. The zero-order valence-electron chi connectivity index (χ0n) is 20.9. The Kier molecular flexibility index (Phi) is 7.01. The van der Waals surface area contributed by atoms with Crippen molar-refractivity contribution in [3.05, 3.63) is 59.9 Å². The molecule has 33 heavy (non-hydrogen) atoms. The zero-order valence-corrected chi connectivity index (χ0v) is 20.9. The summed E-state index contributed by atoms with van der Waals surface area (Å²) in [6.07, 6.45) is 4.24. The summed E-state index contributed by atoms with van der Waals surface area (Å²) in [4.78, 5) is 16.5. The quantitative estimate of drug-likeness (QED) is 0.258. The molecule has 2 aromatic heterocycles. The monoisotopic (exact) mass is 449 g/mol. The second kappa shape index (κ2) is 9.42. The lowest BCUT2D eigenvalue weighted by Crippen LogP contribution is -2.40. The number of nitrogens with zero attached hydrogens (tertiary/aromatic N) is 1. The van der Waals surface area contributed by atoms with E-state index < -0.39 is 17.2 Å². The molecular formula is C28H35NO4. The van der Waals surface area contributed by atoms with Gasteiger partial charge in [-0.3, -0.25) is 4.98 Å². The summed E-state index contributed by atoms with van der Waals surface area (Å²) >= 11 is 0. The minimum atomic E-state index is -0.699. The number of benzene rings is 1. The highest BCUT2D eigenvalue weighted by Crippen LogP contribution is 2.34. The van der Waals surface area contributed by atoms with Crippen molar-refractivity contribution in [2.75, 3.05) is 0 Å². The fraction of sp³-hybridized carbons (Fsp3) is 0.429. The Hall–Kier alpha value is -3.08. The van der Waals surface area contributed by atoms with Crippen LogP contribution in [-0.2, 0) is 22.4 Å². The number of carbonyl (C=O) groups is 1. The molecule has 176 valence electrons. The maximum Gasteiger partial charge on any atom is 0.333 e. The Balaban J connectivity index is 1.82. The molecule has 0 N–H and O–H groups in total. The summed E-state index contributed by atoms with van der Waals surface area (Å²) in [5.74, 6) is 1.11. The Morgan fingerprint density at radius 3 is 2.42 bits per heavy atom. The number of fused-ring (bicyclic) bond motifs is 1. The molecule has 3 rings (SSSR count). The number of aromatic nitrogens is 1. The highest BCUT2D eigenvalue weighted by molar-refractivity contribution is 5.87. The Morgan fingerprint density at radius 2 is 1.79 bits per heavy atom. The third-order valence-electron chi connectivity index (χ3n) is 5.51. The van der Waals surface area contributed by atoms with Crippen molar-refractivity contribution in [3.8, 4) is 17.1 Å². The smallest absolute Gasteiger partial charge is 0.333 e. The minimum Gasteiger partial charge on any atom is -0.488 e. The first-order chi connectivity index (χ1) is 15.4. The number of aryl methyl sites for hydroxylation is 2. The van der Waals surface area contributed by atoms with Crippen molar-refractivity contribution in [1.29, 1.82) is 0 Å². The van der Waals surface area contributed by atoms with Gasteiger partial charge in [0.15, 0.2) is 0 Å². The largest absolute Gasteiger partial charge is 0.488 e. The van der Waals surface area contributed by atoms with Gasteiger partial charge in [0.05, 0.1) is 0 Å². The van der Waals surface area contributed by atoms with E-state index in [0.29, 0.717) is 17.7 Å². The van der Waals surface area contributed by atoms with E-state index in [2.05, 4.69) is 31.5 Å². The number of hydrogen-bond acceptors (Lipinski definition) is 5. The first kappa shape index (κ1) is 24.6. The number of rotatable bonds is 9. The SMILES string of the molecule is C=C(C)C(=O)OC(C)(C)CC(C)(C)Oc1ccc2cc(-c3cnc(CC)cc3CC)oc2c1. The van der Waals surface area contributed by atoms with Gasteiger partial charge in [0.1, 0.15) is 28.3 Å². The van der Waals surface area contributed by atoms with E-state index in [1.54, 1.807) is 6.92 Å². The van der Waals surface area contributed by atoms with Gasteiger partial charge >= 0.3 is 5.97 Å². The third-order valence-corrected chi connectivity index (χ3v) is 5.51. The molecule has 0 aliphatic carbocycles. The number of hydrogen-bond donors (Lipinski definition) is 0. The van der Waals surface area contributed by atoms with Gasteiger partial charge in [-0.15, -0.1) is 0 Å². The molecule has 0 aliphatic heterocycles. The van der Waals surface area contributed by atoms with E-state index in [4.69, 9.17) is 13.9 Å². The Morgan fingerprint density at radius 1 is 1.06 bits per heavy atom. The normalized spacial score (nSPS) is 12.1. The van der Waals surface area contributed by atoms with Gasteiger partial charge in [-0.25, -0.2) is 4.79 Å². The summed E-state index contributed by atoms with van der Waals surface area (Å²) in [5, 5.41) is 1.01. The van der Waals surface area contributed by atoms with Crippen LogP contribution >= 0.6 is 0 Å². The van der Waals surface area contributed by atoms with Crippen molar-refractivity contribution >= 4 is 16.9 Å². The van der Waals surface area contributed by atoms with Gasteiger partial charge in [0, 0.05) is 40.9 Å². The fourth-order valence-electron chi connectivity index (χ4n) is 4.22. The van der Waals surface area contributed by atoms with Crippen LogP contribution < -0.4 is 4.74 Å². The van der Waals surface area contributed by atoms with Crippen molar-refractivity contribution in [1.82, 2.24) is 4.98 Å². The van der Waals surface area contributed by atoms with Crippen LogP contribution in [0, 0.1) is 0 Å². The minimum absolute atomic E-state index is 0.381. The predicted octanol–water partition coefficient (Wildman–Crippen LogP) is 7.07. The molecule has 5 heteroatoms. The number of ether oxygens (including phenoxy) is 2. The van der Waals surface area contributed by atoms with Crippen LogP contribution in [0.15, 0.2) is 53.1 Å². The first-order valence-corrected chi connectivity index (χ1v) is 11.5. The van der Waals surface area contributed by atoms with Gasteiger partial charge < -0.3 is 13.9 Å². The summed E-state index contributed by atoms with van der Waals surface area (Å²) in [6.45, 7) is 17.3. The van der Waals surface area contributed by atoms with E-state index in [1.165, 1.54) is 5.56 Å². The van der Waals surface area contributed by atoms with Crippen LogP contribution in [0.3, 0.4) is 0 Å². The van der Waals surface area contributed by atoms with Crippen molar-refractivity contribution in [3.63, 3.8) is 0 Å². The molecule has 0 aliphatic rings. The molecular weight excluding hydrogens is 414 g/mol. The highest BCUT2D eigenvalue weighted by Gasteiger charge is 2.33. The lowest BCUT2D eigenvalue weighted by molar-refractivity contribution is -0.155. The number of esters is 1. The summed E-state index contributed by atoms with van der Waals surface area (Å²) < 4.78 is 18.1. The third kappa shape index (κ3) is 6.04. The van der Waals surface area contributed by atoms with Crippen LogP contribution in [0.2, 0.25) is 0 Å². The van der Waals surface area contributed by atoms with E-state index >= 15 is 0 Å². The van der Waals surface area contributed by atoms with Gasteiger partial charge in [0.2, 0.25) is 0 Å². The van der Waals surface area contributed by atoms with Crippen LogP contribution in [0.25, 0.3) is 22.3 Å². The standard InChI is InChI=1S/C28H35NO4/c1-9-19-13-21(10-2)29-16-23(19)25-14-20-11-12-22(15-24(20)31-25)32-27(5,6)17-28(7,8)33-26(30)18(3)4/h11-16H,3,9-10,17H2,1-2,4-8H3. The lowest BCUT2D eigenvalue weighted by atomic mass is 9.92. The Bertz CT molecular complexity index is 1170. The van der Waals surface area contributed by atoms with Crippen LogP contribution in [0.4, 0.5) is 0 Å². The fourth-order valence-corrected chi connectivity index (χ4v) is 4.22. The average Bonchev–Trinajstić information content (AvgIpc) is 3.14. The molecule has 5 nitrogen and oxygen atoms in total. The highest BCUT2D eigenvalue weighted by atomic mass is 16.6. The molecule has 0 unspecified atom stereocenters. The molecule has 0 amide bonds. The van der Waals surface area contributed by atoms with Crippen molar-refractivity contribution < 1.29 is 18.7 Å². The van der Waals surface area contributed by atoms with E-state index in [9.17, 15) is 4.79 Å². The van der Waals surface area contributed by atoms with E-state index in [1.807, 2.05) is 58.2 Å². The predicted molar refractivity (Wildman–Crippen MR) is 133 cm³/mol. The molecule has 0 radical (unpaired) electrons. The molecule has 1 aromatic carbocycles. The molecule has 0 saturated heterocycles. The number of furan rings is 1. The first-order valence-electron chi connectivity index (χ1n) is 11.5. The van der Waals surface area contributed by atoms with Crippen LogP contribution in [0.5, 0.6) is 5.75 Å². The van der Waals surface area contributed by atoms with E-state index in [-0.39, 0.29) is 0 Å². The topological polar surface area (TPSA) is 61.6 Å². The zero-order chi connectivity index (χ0) is 24.4. The summed E-state index contributed by atoms with van der Waals surface area (Å²) in [6, 6.07) is 10.1. The Labute approximate surface area is 196 Å². The second-order valence-electron chi connectivity index (χ2n) is 9.82. The van der Waals surface area contributed by atoms with Gasteiger partial charge in [-0.05, 0) is 77.3 Å². The maximum atomic E-state index is 12.0. The van der Waals surface area contributed by atoms with E-state index in [0.717, 1.165) is 40.8 Å². The van der Waals surface area contributed by atoms with Crippen molar-refractivity contribution in [2.45, 2.75) is 78.9 Å². The molecule has 0 saturated carbocycles. The van der Waals surface area contributed by atoms with Gasteiger partial charge in [0.25, 0.3) is 0 Å². The van der Waals surface area contributed by atoms with Crippen molar-refractivity contribution in [2.24, 2.45) is 0 Å². The molecule has 0 bridgehead atoms. The van der Waals surface area contributed by atoms with Gasteiger partial charge in [-0.2, -0.15) is 0 Å². The lowest BCUT2D eigenvalue weighted by Gasteiger charge is -2.35. The molecule has 0 spiro atoms. The molecule has 2 heterocycles. The summed E-state index contributed by atoms with van der Waals surface area (Å²) in [5.41, 5.74) is 3.20. The maximum absolute atomic E-state index is 12.0. The molecule has 0 atom stereocenters. The molecule has 0 fully saturated rings. The van der Waals surface area contributed by atoms with Crippen LogP contribution in [-0.4, -0.2) is 22.2 Å². The summed E-state index contributed by atoms with van der Waals surface area (Å²) in [7, 11) is 0. The van der Waals surface area contributed by atoms with Crippen LogP contribution in [0.1, 0.15) is 66.1 Å². The second-order valence-corrected chi connectivity index (χ2v) is 9.82. The van der Waals surface area contributed by atoms with Gasteiger partial charge in [-0.1, -0.05) is 20.4 Å². The number of pyridine rings is 1. The number of carbonyl (C=O) groups excluding carboxylic acids is 1.